The zero-order valence-electron chi connectivity index (χ0n) is 49.3. The van der Waals surface area contributed by atoms with Crippen LogP contribution in [0.3, 0.4) is 0 Å². The Morgan fingerprint density at radius 1 is 0.333 bits per heavy atom. The summed E-state index contributed by atoms with van der Waals surface area (Å²) in [6.45, 7) is 10.7. The number of unbranched alkanes of at least 4 members (excludes halogenated alkanes) is 30. The van der Waals surface area contributed by atoms with Gasteiger partial charge in [-0.1, -0.05) is 194 Å². The van der Waals surface area contributed by atoms with Gasteiger partial charge in [-0.3, -0.25) is 19.2 Å². The summed E-state index contributed by atoms with van der Waals surface area (Å²) in [5.74, 6) is -0.405. The second-order valence-corrected chi connectivity index (χ2v) is 21.8. The summed E-state index contributed by atoms with van der Waals surface area (Å²) >= 11 is 0. The van der Waals surface area contributed by atoms with Crippen LogP contribution in [0.2, 0.25) is 0 Å². The number of hydrogen-bond donors (Lipinski definition) is 0. The third kappa shape index (κ3) is 45.3. The quantitative estimate of drug-likeness (QED) is 0.0324. The molecule has 0 aromatic carbocycles. The molecule has 1 fully saturated rings. The molecule has 4 atom stereocenters. The summed E-state index contributed by atoms with van der Waals surface area (Å²) < 4.78 is 48.4. The molecular formula is C62H117NO12. The maximum Gasteiger partial charge on any atom is 0.305 e. The van der Waals surface area contributed by atoms with E-state index in [0.29, 0.717) is 65.3 Å². The number of hydrogen-bond acceptors (Lipinski definition) is 13. The van der Waals surface area contributed by atoms with Crippen LogP contribution in [0.15, 0.2) is 0 Å². The van der Waals surface area contributed by atoms with Crippen LogP contribution in [0.4, 0.5) is 0 Å². The van der Waals surface area contributed by atoms with Crippen molar-refractivity contribution < 1.29 is 57.1 Å². The van der Waals surface area contributed by atoms with Gasteiger partial charge in [0.1, 0.15) is 24.9 Å². The van der Waals surface area contributed by atoms with Gasteiger partial charge in [0.25, 0.3) is 0 Å². The van der Waals surface area contributed by atoms with E-state index in [2.05, 4.69) is 25.7 Å². The topological polar surface area (TPSA) is 145 Å². The molecule has 1 aliphatic heterocycles. The van der Waals surface area contributed by atoms with Gasteiger partial charge in [0.2, 0.25) is 0 Å². The maximum atomic E-state index is 12.8. The van der Waals surface area contributed by atoms with E-state index in [4.69, 9.17) is 37.9 Å². The minimum atomic E-state index is -0.619. The zero-order chi connectivity index (χ0) is 54.5. The Labute approximate surface area is 459 Å². The summed E-state index contributed by atoms with van der Waals surface area (Å²) in [7, 11) is 4.00. The SMILES string of the molecule is CCCCCCCC(=O)OCCCCCCCCCOC1[C@@H](COC(=O)CCCN(C)C)O[C@@H](OCCCCCCCCCOC(=O)CCCCCCC)[C@H]1OCCCCCCCCCOC(=O)CCCCCCC. The molecule has 1 aliphatic rings. The minimum absolute atomic E-state index is 0.0559. The Morgan fingerprint density at radius 3 is 1.00 bits per heavy atom. The number of carbonyl (C=O) groups excluding carboxylic acids is 4. The molecule has 0 aliphatic carbocycles. The molecule has 1 rings (SSSR count). The number of nitrogens with zero attached hydrogens (tertiary/aromatic N) is 1. The summed E-state index contributed by atoms with van der Waals surface area (Å²) in [5.41, 5.74) is 0. The summed E-state index contributed by atoms with van der Waals surface area (Å²) in [4.78, 5) is 51.0. The highest BCUT2D eigenvalue weighted by atomic mass is 16.7. The lowest BCUT2D eigenvalue weighted by molar-refractivity contribution is -0.184. The van der Waals surface area contributed by atoms with Crippen molar-refractivity contribution in [2.75, 3.05) is 66.9 Å². The van der Waals surface area contributed by atoms with E-state index in [9.17, 15) is 19.2 Å². The molecule has 0 N–H and O–H groups in total. The van der Waals surface area contributed by atoms with Crippen molar-refractivity contribution in [1.82, 2.24) is 4.90 Å². The summed E-state index contributed by atoms with van der Waals surface area (Å²) in [5, 5.41) is 0. The number of rotatable bonds is 57. The van der Waals surface area contributed by atoms with Crippen LogP contribution in [0.1, 0.15) is 284 Å². The Kier molecular flexibility index (Phi) is 50.6. The lowest BCUT2D eigenvalue weighted by Gasteiger charge is -2.25. The van der Waals surface area contributed by atoms with Gasteiger partial charge in [0.15, 0.2) is 6.29 Å². The van der Waals surface area contributed by atoms with Crippen molar-refractivity contribution in [1.29, 1.82) is 0 Å². The molecule has 442 valence electrons. The molecule has 0 aromatic heterocycles. The third-order valence-corrected chi connectivity index (χ3v) is 14.2. The van der Waals surface area contributed by atoms with Crippen molar-refractivity contribution in [3.05, 3.63) is 0 Å². The predicted molar refractivity (Wildman–Crippen MR) is 303 cm³/mol. The van der Waals surface area contributed by atoms with E-state index in [0.717, 1.165) is 186 Å². The standard InChI is InChI=1S/C62H117NO12/c1-6-9-12-24-33-43-56(64)68-48-36-27-18-15-21-30-39-51-71-60-55(54-74-59(67)46-42-47-63(4)5)75-62(73-53-41-32-23-17-20-29-38-50-70-58(66)45-35-26-14-11-8-3)61(60)72-52-40-31-22-16-19-28-37-49-69-57(65)44-34-25-13-10-7-2/h55,60-62H,6-54H2,1-5H3/t55-,60?,61+,62-/m1/s1. The first-order valence-corrected chi connectivity index (χ1v) is 31.5. The average molecular weight is 1070 g/mol. The zero-order valence-corrected chi connectivity index (χ0v) is 49.3. The van der Waals surface area contributed by atoms with E-state index >= 15 is 0 Å². The maximum absolute atomic E-state index is 12.8. The van der Waals surface area contributed by atoms with E-state index in [1.165, 1.54) is 57.8 Å². The van der Waals surface area contributed by atoms with Gasteiger partial charge in [-0.2, -0.15) is 0 Å². The van der Waals surface area contributed by atoms with Gasteiger partial charge < -0.3 is 42.8 Å². The highest BCUT2D eigenvalue weighted by Crippen LogP contribution is 2.30. The molecule has 1 heterocycles. The molecule has 75 heavy (non-hydrogen) atoms. The predicted octanol–water partition coefficient (Wildman–Crippen LogP) is 15.3. The number of esters is 4. The first-order valence-electron chi connectivity index (χ1n) is 31.5. The van der Waals surface area contributed by atoms with Crippen molar-refractivity contribution in [3.8, 4) is 0 Å². The van der Waals surface area contributed by atoms with Crippen LogP contribution in [0, 0.1) is 0 Å². The van der Waals surface area contributed by atoms with Crippen LogP contribution in [-0.2, 0) is 57.1 Å². The van der Waals surface area contributed by atoms with E-state index in [-0.39, 0.29) is 30.5 Å². The largest absolute Gasteiger partial charge is 0.466 e. The lowest BCUT2D eigenvalue weighted by Crippen LogP contribution is -2.40. The van der Waals surface area contributed by atoms with Crippen LogP contribution >= 0.6 is 0 Å². The summed E-state index contributed by atoms with van der Waals surface area (Å²) in [6.07, 6.45) is 39.7. The van der Waals surface area contributed by atoms with Crippen molar-refractivity contribution >= 4 is 23.9 Å². The van der Waals surface area contributed by atoms with E-state index < -0.39 is 24.6 Å². The Morgan fingerprint density at radius 2 is 0.627 bits per heavy atom. The fourth-order valence-electron chi connectivity index (χ4n) is 9.42. The van der Waals surface area contributed by atoms with Crippen LogP contribution in [0.5, 0.6) is 0 Å². The van der Waals surface area contributed by atoms with Gasteiger partial charge >= 0.3 is 23.9 Å². The van der Waals surface area contributed by atoms with Gasteiger partial charge in [0.05, 0.1) is 19.8 Å². The molecule has 0 spiro atoms. The Balaban J connectivity index is 2.65. The Hall–Kier alpha value is -2.32. The first-order chi connectivity index (χ1) is 36.7. The molecule has 0 saturated carbocycles. The first kappa shape index (κ1) is 70.7. The second kappa shape index (κ2) is 53.7. The second-order valence-electron chi connectivity index (χ2n) is 21.8. The van der Waals surface area contributed by atoms with Gasteiger partial charge in [-0.25, -0.2) is 0 Å². The molecular weight excluding hydrogens is 951 g/mol. The molecule has 13 nitrogen and oxygen atoms in total. The van der Waals surface area contributed by atoms with Crippen LogP contribution in [0.25, 0.3) is 0 Å². The molecule has 0 bridgehead atoms. The smallest absolute Gasteiger partial charge is 0.305 e. The van der Waals surface area contributed by atoms with Crippen LogP contribution in [-0.4, -0.2) is 120 Å². The van der Waals surface area contributed by atoms with E-state index in [1.54, 1.807) is 0 Å². The van der Waals surface area contributed by atoms with Gasteiger partial charge in [-0.15, -0.1) is 0 Å². The van der Waals surface area contributed by atoms with Gasteiger partial charge in [-0.05, 0) is 84.8 Å². The van der Waals surface area contributed by atoms with Crippen molar-refractivity contribution in [3.63, 3.8) is 0 Å². The fourth-order valence-corrected chi connectivity index (χ4v) is 9.42. The number of carbonyl (C=O) groups is 4. The molecule has 13 heteroatoms. The highest BCUT2D eigenvalue weighted by Gasteiger charge is 2.47. The minimum Gasteiger partial charge on any atom is -0.466 e. The lowest BCUT2D eigenvalue weighted by atomic mass is 10.1. The normalized spacial score (nSPS) is 16.5. The third-order valence-electron chi connectivity index (χ3n) is 14.2. The molecule has 0 aromatic rings. The van der Waals surface area contributed by atoms with Crippen LogP contribution < -0.4 is 0 Å². The monoisotopic (exact) mass is 1070 g/mol. The van der Waals surface area contributed by atoms with Crippen molar-refractivity contribution in [2.24, 2.45) is 0 Å². The molecule has 1 saturated heterocycles. The number of ether oxygens (including phenoxy) is 8. The molecule has 0 radical (unpaired) electrons. The Bertz CT molecular complexity index is 1300. The van der Waals surface area contributed by atoms with Gasteiger partial charge in [0, 0.05) is 45.5 Å². The molecule has 1 unspecified atom stereocenters. The average Bonchev–Trinajstić information content (AvgIpc) is 3.72. The highest BCUT2D eigenvalue weighted by molar-refractivity contribution is 5.70. The fraction of sp³-hybridized carbons (Fsp3) is 0.935. The van der Waals surface area contributed by atoms with E-state index in [1.807, 2.05) is 14.1 Å². The molecule has 0 amide bonds. The summed E-state index contributed by atoms with van der Waals surface area (Å²) in [6, 6.07) is 0. The van der Waals surface area contributed by atoms with Crippen molar-refractivity contribution in [2.45, 2.75) is 309 Å².